The van der Waals surface area contributed by atoms with E-state index < -0.39 is 12.0 Å². The molecule has 5 nitrogen and oxygen atoms in total. The van der Waals surface area contributed by atoms with E-state index in [0.29, 0.717) is 21.4 Å². The molecule has 0 radical (unpaired) electrons. The van der Waals surface area contributed by atoms with E-state index in [2.05, 4.69) is 0 Å². The number of imide groups is 1. The summed E-state index contributed by atoms with van der Waals surface area (Å²) < 4.78 is 0. The number of carbonyl (C=O) groups is 3. The molecule has 1 aliphatic heterocycles. The van der Waals surface area contributed by atoms with E-state index in [0.717, 1.165) is 15.5 Å². The molecule has 6 heteroatoms. The Kier molecular flexibility index (Phi) is 4.96. The second kappa shape index (κ2) is 6.01. The first kappa shape index (κ1) is 13.2. The molecule has 1 rings (SSSR count). The number of carboxylic acids is 1. The van der Waals surface area contributed by atoms with E-state index in [-0.39, 0.29) is 24.7 Å². The molecule has 1 aliphatic rings. The Morgan fingerprint density at radius 1 is 1.44 bits per heavy atom. The molecule has 0 aliphatic carbocycles. The molecule has 0 N–H and O–H groups in total. The summed E-state index contributed by atoms with van der Waals surface area (Å²) >= 11 is 0.375. The Morgan fingerprint density at radius 3 is 2.44 bits per heavy atom. The van der Waals surface area contributed by atoms with Gasteiger partial charge in [0.05, 0.1) is 0 Å². The van der Waals surface area contributed by atoms with Gasteiger partial charge in [0, 0.05) is 0 Å². The summed E-state index contributed by atoms with van der Waals surface area (Å²) in [6.07, 6.45) is 0.580. The molecule has 1 atom stereocenters. The molecule has 90 valence electrons. The van der Waals surface area contributed by atoms with Crippen LogP contribution in [0.2, 0.25) is 10.6 Å². The summed E-state index contributed by atoms with van der Waals surface area (Å²) in [4.78, 5) is 34.6. The second-order valence-electron chi connectivity index (χ2n) is 3.48. The summed E-state index contributed by atoms with van der Waals surface area (Å²) in [7, 11) is 0. The predicted octanol–water partition coefficient (Wildman–Crippen LogP) is -0.795. The topological polar surface area (TPSA) is 77.5 Å². The molecule has 1 saturated heterocycles. The van der Waals surface area contributed by atoms with Gasteiger partial charge < -0.3 is 0 Å². The fourth-order valence-electron chi connectivity index (χ4n) is 1.63. The quantitative estimate of drug-likeness (QED) is 0.365. The van der Waals surface area contributed by atoms with Crippen LogP contribution in [-0.4, -0.2) is 43.7 Å². The Morgan fingerprint density at radius 2 is 2.00 bits per heavy atom. The molecular weight excluding hydrogens is 277 g/mol. The monoisotopic (exact) mass is 292 g/mol. The van der Waals surface area contributed by atoms with Gasteiger partial charge in [-0.15, -0.1) is 0 Å². The summed E-state index contributed by atoms with van der Waals surface area (Å²) in [6.45, 7) is 2.03. The van der Waals surface area contributed by atoms with Crippen LogP contribution < -0.4 is 5.11 Å². The van der Waals surface area contributed by atoms with Gasteiger partial charge in [-0.3, -0.25) is 0 Å². The molecule has 1 heterocycles. The molecule has 0 saturated carbocycles. The molecule has 0 bridgehead atoms. The molecule has 2 amide bonds. The minimum absolute atomic E-state index is 0.127. The van der Waals surface area contributed by atoms with E-state index in [9.17, 15) is 19.5 Å². The fraction of sp³-hybridized carbons (Fsp3) is 0.700. The average Bonchev–Trinajstić information content (AvgIpc) is 2.54. The van der Waals surface area contributed by atoms with Gasteiger partial charge in [0.25, 0.3) is 0 Å². The first-order valence-electron chi connectivity index (χ1n) is 5.21. The van der Waals surface area contributed by atoms with Crippen molar-refractivity contribution in [2.45, 2.75) is 42.9 Å². The number of hydrogen-bond donors (Lipinski definition) is 0. The van der Waals surface area contributed by atoms with Crippen molar-refractivity contribution >= 4 is 32.7 Å². The standard InChI is InChI=1S/C10H15NO4Se/c1-2-16-6-5-7(10(14)15)11-8(12)3-4-9(11)13/h7H,2-6H2,1H3,(H,14,15)/p-1. The third-order valence-corrected chi connectivity index (χ3v) is 4.37. The molecule has 0 aromatic carbocycles. The van der Waals surface area contributed by atoms with Crippen LogP contribution in [0.1, 0.15) is 26.2 Å². The van der Waals surface area contributed by atoms with Gasteiger partial charge in [-0.25, -0.2) is 0 Å². The van der Waals surface area contributed by atoms with Gasteiger partial charge >= 0.3 is 100.0 Å². The van der Waals surface area contributed by atoms with Crippen molar-refractivity contribution in [3.05, 3.63) is 0 Å². The van der Waals surface area contributed by atoms with Crippen LogP contribution in [0.15, 0.2) is 0 Å². The van der Waals surface area contributed by atoms with Gasteiger partial charge in [0.2, 0.25) is 0 Å². The van der Waals surface area contributed by atoms with Gasteiger partial charge in [0.15, 0.2) is 0 Å². The predicted molar refractivity (Wildman–Crippen MR) is 55.5 cm³/mol. The van der Waals surface area contributed by atoms with Crippen molar-refractivity contribution in [1.82, 2.24) is 4.90 Å². The van der Waals surface area contributed by atoms with Crippen LogP contribution in [0.5, 0.6) is 0 Å². The van der Waals surface area contributed by atoms with Gasteiger partial charge in [-0.2, -0.15) is 0 Å². The first-order valence-corrected chi connectivity index (χ1v) is 7.63. The maximum atomic E-state index is 11.4. The first-order chi connectivity index (χ1) is 7.57. The van der Waals surface area contributed by atoms with E-state index in [1.165, 1.54) is 0 Å². The molecule has 1 unspecified atom stereocenters. The van der Waals surface area contributed by atoms with Gasteiger partial charge in [-0.05, 0) is 0 Å². The molecule has 16 heavy (non-hydrogen) atoms. The number of nitrogens with zero attached hydrogens (tertiary/aromatic N) is 1. The number of aliphatic carboxylic acids is 1. The van der Waals surface area contributed by atoms with E-state index in [4.69, 9.17) is 0 Å². The minimum atomic E-state index is -1.32. The zero-order chi connectivity index (χ0) is 12.1. The zero-order valence-corrected chi connectivity index (χ0v) is 10.8. The Hall–Kier alpha value is -0.871. The molecule has 0 spiro atoms. The number of carbonyl (C=O) groups excluding carboxylic acids is 3. The van der Waals surface area contributed by atoms with Crippen LogP contribution in [0, 0.1) is 0 Å². The third-order valence-electron chi connectivity index (χ3n) is 2.41. The van der Waals surface area contributed by atoms with Crippen LogP contribution in [-0.2, 0) is 14.4 Å². The molecule has 1 fully saturated rings. The number of rotatable bonds is 6. The SMILES string of the molecule is CC[Se]CCC(C(=O)[O-])N1C(=O)CCC1=O. The maximum absolute atomic E-state index is 11.4. The zero-order valence-electron chi connectivity index (χ0n) is 9.10. The van der Waals surface area contributed by atoms with Gasteiger partial charge in [-0.1, -0.05) is 0 Å². The summed E-state index contributed by atoms with van der Waals surface area (Å²) in [5, 5.41) is 12.7. The van der Waals surface area contributed by atoms with Crippen molar-refractivity contribution in [3.8, 4) is 0 Å². The number of carboxylic acid groups (broad SMARTS) is 1. The van der Waals surface area contributed by atoms with Crippen LogP contribution in [0.4, 0.5) is 0 Å². The van der Waals surface area contributed by atoms with Gasteiger partial charge in [0.1, 0.15) is 0 Å². The van der Waals surface area contributed by atoms with E-state index in [1.54, 1.807) is 0 Å². The molecule has 0 aromatic heterocycles. The number of likely N-dealkylation sites (tertiary alicyclic amines) is 1. The van der Waals surface area contributed by atoms with E-state index >= 15 is 0 Å². The number of hydrogen-bond acceptors (Lipinski definition) is 4. The van der Waals surface area contributed by atoms with Crippen molar-refractivity contribution < 1.29 is 19.5 Å². The van der Waals surface area contributed by atoms with E-state index in [1.807, 2.05) is 6.92 Å². The third kappa shape index (κ3) is 3.06. The Balaban J connectivity index is 2.65. The van der Waals surface area contributed by atoms with Crippen LogP contribution in [0.3, 0.4) is 0 Å². The van der Waals surface area contributed by atoms with Crippen molar-refractivity contribution in [1.29, 1.82) is 0 Å². The van der Waals surface area contributed by atoms with Crippen molar-refractivity contribution in [2.75, 3.05) is 0 Å². The summed E-state index contributed by atoms with van der Waals surface area (Å²) in [6, 6.07) is -1.06. The second-order valence-corrected chi connectivity index (χ2v) is 6.40. The normalized spacial score (nSPS) is 17.9. The fourth-order valence-corrected chi connectivity index (χ4v) is 3.06. The van der Waals surface area contributed by atoms with Crippen molar-refractivity contribution in [2.24, 2.45) is 0 Å². The Bertz CT molecular complexity index is 289. The van der Waals surface area contributed by atoms with Crippen LogP contribution >= 0.6 is 0 Å². The molecular formula is C10H14NO4Se-. The number of amides is 2. The van der Waals surface area contributed by atoms with Crippen LogP contribution in [0.25, 0.3) is 0 Å². The average molecular weight is 291 g/mol. The summed E-state index contributed by atoms with van der Waals surface area (Å²) in [5.41, 5.74) is 0. The van der Waals surface area contributed by atoms with Crippen molar-refractivity contribution in [3.63, 3.8) is 0 Å². The Labute approximate surface area is 100 Å². The molecule has 0 aromatic rings. The summed E-state index contributed by atoms with van der Waals surface area (Å²) in [5.74, 6) is -2.10.